The molecule has 0 bridgehead atoms. The molecule has 1 aromatic carbocycles. The van der Waals surface area contributed by atoms with Crippen molar-refractivity contribution in [1.82, 2.24) is 10.1 Å². The summed E-state index contributed by atoms with van der Waals surface area (Å²) in [4.78, 5) is 6.92. The highest BCUT2D eigenvalue weighted by Gasteiger charge is 2.51. The van der Waals surface area contributed by atoms with Gasteiger partial charge in [0.2, 0.25) is 5.89 Å². The van der Waals surface area contributed by atoms with E-state index in [-0.39, 0.29) is 5.41 Å². The minimum Gasteiger partial charge on any atom is -0.399 e. The number of nitrogen functional groups attached to an aromatic ring is 1. The molecule has 0 atom stereocenters. The van der Waals surface area contributed by atoms with Gasteiger partial charge in [0, 0.05) is 18.8 Å². The van der Waals surface area contributed by atoms with Crippen molar-refractivity contribution in [3.63, 3.8) is 0 Å². The number of nitrogens with two attached hydrogens (primary N) is 1. The Kier molecular flexibility index (Phi) is 2.87. The van der Waals surface area contributed by atoms with E-state index >= 15 is 0 Å². The summed E-state index contributed by atoms with van der Waals surface area (Å²) >= 11 is 0. The summed E-state index contributed by atoms with van der Waals surface area (Å²) in [5, 5.41) is 4.20. The Bertz CT molecular complexity index is 624. The van der Waals surface area contributed by atoms with Crippen LogP contribution in [0.4, 0.5) is 11.6 Å². The number of aromatic nitrogens is 2. The third-order valence-electron chi connectivity index (χ3n) is 4.68. The predicted octanol–water partition coefficient (Wildman–Crippen LogP) is 2.72. The molecule has 0 amide bonds. The van der Waals surface area contributed by atoms with Gasteiger partial charge in [0.05, 0.1) is 5.41 Å². The number of piperidine rings is 1. The second-order valence-electron chi connectivity index (χ2n) is 6.15. The van der Waals surface area contributed by atoms with Gasteiger partial charge in [0.1, 0.15) is 0 Å². The average molecular weight is 284 g/mol. The molecule has 0 spiro atoms. The van der Waals surface area contributed by atoms with E-state index in [1.807, 2.05) is 12.1 Å². The second kappa shape index (κ2) is 4.76. The molecule has 110 valence electrons. The molecule has 4 rings (SSSR count). The highest BCUT2D eigenvalue weighted by molar-refractivity contribution is 5.46. The van der Waals surface area contributed by atoms with Crippen LogP contribution in [0.25, 0.3) is 0 Å². The lowest BCUT2D eigenvalue weighted by atomic mass is 9.96. The smallest absolute Gasteiger partial charge is 0.266 e. The van der Waals surface area contributed by atoms with Crippen LogP contribution >= 0.6 is 0 Å². The van der Waals surface area contributed by atoms with Crippen LogP contribution in [0.5, 0.6) is 0 Å². The van der Waals surface area contributed by atoms with Crippen LogP contribution in [0, 0.1) is 0 Å². The predicted molar refractivity (Wildman–Crippen MR) is 81.2 cm³/mol. The van der Waals surface area contributed by atoms with Crippen molar-refractivity contribution < 1.29 is 4.52 Å². The van der Waals surface area contributed by atoms with E-state index in [0.717, 1.165) is 43.5 Å². The minimum atomic E-state index is -0.0747. The van der Waals surface area contributed by atoms with E-state index in [2.05, 4.69) is 27.2 Å². The maximum atomic E-state index is 5.77. The first-order valence-corrected chi connectivity index (χ1v) is 7.73. The zero-order valence-corrected chi connectivity index (χ0v) is 12.1. The number of rotatable bonds is 3. The number of anilines is 2. The summed E-state index contributed by atoms with van der Waals surface area (Å²) in [6.07, 6.45) is 5.87. The molecule has 5 heteroatoms. The van der Waals surface area contributed by atoms with Crippen LogP contribution in [-0.4, -0.2) is 23.2 Å². The molecule has 0 unspecified atom stereocenters. The van der Waals surface area contributed by atoms with E-state index in [4.69, 9.17) is 10.3 Å². The quantitative estimate of drug-likeness (QED) is 0.878. The first-order chi connectivity index (χ1) is 10.3. The van der Waals surface area contributed by atoms with Crippen LogP contribution in [-0.2, 0) is 5.41 Å². The Balaban J connectivity index is 1.61. The molecular weight excluding hydrogens is 264 g/mol. The van der Waals surface area contributed by atoms with Gasteiger partial charge in [-0.05, 0) is 55.0 Å². The number of hydrogen-bond acceptors (Lipinski definition) is 5. The van der Waals surface area contributed by atoms with Crippen LogP contribution in [0.15, 0.2) is 28.8 Å². The lowest BCUT2D eigenvalue weighted by Gasteiger charge is -2.24. The fraction of sp³-hybridized carbons (Fsp3) is 0.500. The number of hydrogen-bond donors (Lipinski definition) is 1. The average Bonchev–Trinajstić information content (AvgIpc) is 3.19. The van der Waals surface area contributed by atoms with E-state index < -0.39 is 0 Å². The zero-order valence-electron chi connectivity index (χ0n) is 12.1. The van der Waals surface area contributed by atoms with E-state index in [1.165, 1.54) is 24.8 Å². The fourth-order valence-corrected chi connectivity index (χ4v) is 3.19. The molecule has 2 aromatic rings. The van der Waals surface area contributed by atoms with Gasteiger partial charge in [-0.2, -0.15) is 4.98 Å². The second-order valence-corrected chi connectivity index (χ2v) is 6.15. The number of nitrogens with zero attached hydrogens (tertiary/aromatic N) is 3. The van der Waals surface area contributed by atoms with Gasteiger partial charge in [-0.25, -0.2) is 0 Å². The lowest BCUT2D eigenvalue weighted by Crippen LogP contribution is -2.30. The standard InChI is InChI=1S/C16H20N4O/c17-13-6-4-12(5-7-13)16(8-9-16)14-18-15(19-21-14)20-10-2-1-3-11-20/h4-7H,1-3,8-11,17H2. The van der Waals surface area contributed by atoms with Gasteiger partial charge in [-0.15, -0.1) is 0 Å². The number of benzene rings is 1. The van der Waals surface area contributed by atoms with Crippen LogP contribution in [0.2, 0.25) is 0 Å². The molecule has 1 aliphatic carbocycles. The molecule has 2 fully saturated rings. The minimum absolute atomic E-state index is 0.0747. The monoisotopic (exact) mass is 284 g/mol. The highest BCUT2D eigenvalue weighted by atomic mass is 16.5. The Labute approximate surface area is 124 Å². The van der Waals surface area contributed by atoms with Crippen molar-refractivity contribution >= 4 is 11.6 Å². The zero-order chi connectivity index (χ0) is 14.3. The Hall–Kier alpha value is -2.04. The summed E-state index contributed by atoms with van der Waals surface area (Å²) in [5.74, 6) is 1.51. The molecule has 1 aliphatic heterocycles. The van der Waals surface area contributed by atoms with Gasteiger partial charge in [-0.1, -0.05) is 12.1 Å². The van der Waals surface area contributed by atoms with Crippen LogP contribution < -0.4 is 10.6 Å². The topological polar surface area (TPSA) is 68.2 Å². The maximum Gasteiger partial charge on any atom is 0.266 e. The Morgan fingerprint density at radius 2 is 1.76 bits per heavy atom. The van der Waals surface area contributed by atoms with Gasteiger partial charge >= 0.3 is 0 Å². The SMILES string of the molecule is Nc1ccc(C2(c3nc(N4CCCCC4)no3)CC2)cc1. The van der Waals surface area contributed by atoms with Crippen molar-refractivity contribution in [2.45, 2.75) is 37.5 Å². The summed E-state index contributed by atoms with van der Waals surface area (Å²) in [5.41, 5.74) is 7.71. The highest BCUT2D eigenvalue weighted by Crippen LogP contribution is 2.53. The van der Waals surface area contributed by atoms with Crippen LogP contribution in [0.1, 0.15) is 43.6 Å². The largest absolute Gasteiger partial charge is 0.399 e. The molecule has 2 heterocycles. The van der Waals surface area contributed by atoms with Gasteiger partial charge < -0.3 is 15.2 Å². The lowest BCUT2D eigenvalue weighted by molar-refractivity contribution is 0.358. The Morgan fingerprint density at radius 3 is 2.43 bits per heavy atom. The van der Waals surface area contributed by atoms with Gasteiger partial charge in [-0.3, -0.25) is 0 Å². The van der Waals surface area contributed by atoms with E-state index in [9.17, 15) is 0 Å². The van der Waals surface area contributed by atoms with Gasteiger partial charge in [0.25, 0.3) is 5.95 Å². The van der Waals surface area contributed by atoms with E-state index in [0.29, 0.717) is 0 Å². The molecule has 1 saturated carbocycles. The first-order valence-electron chi connectivity index (χ1n) is 7.73. The molecule has 1 saturated heterocycles. The maximum absolute atomic E-state index is 5.77. The third kappa shape index (κ3) is 2.17. The van der Waals surface area contributed by atoms with Crippen molar-refractivity contribution in [2.24, 2.45) is 0 Å². The molecule has 5 nitrogen and oxygen atoms in total. The molecule has 2 N–H and O–H groups in total. The summed E-state index contributed by atoms with van der Waals surface area (Å²) in [7, 11) is 0. The van der Waals surface area contributed by atoms with Crippen molar-refractivity contribution in [3.05, 3.63) is 35.7 Å². The van der Waals surface area contributed by atoms with Crippen molar-refractivity contribution in [2.75, 3.05) is 23.7 Å². The van der Waals surface area contributed by atoms with Crippen LogP contribution in [0.3, 0.4) is 0 Å². The molecular formula is C16H20N4O. The van der Waals surface area contributed by atoms with E-state index in [1.54, 1.807) is 0 Å². The first kappa shape index (κ1) is 12.7. The van der Waals surface area contributed by atoms with Gasteiger partial charge in [0.15, 0.2) is 0 Å². The molecule has 1 aromatic heterocycles. The summed E-state index contributed by atoms with van der Waals surface area (Å²) in [6.45, 7) is 2.07. The Morgan fingerprint density at radius 1 is 1.05 bits per heavy atom. The molecule has 0 radical (unpaired) electrons. The molecule has 21 heavy (non-hydrogen) atoms. The fourth-order valence-electron chi connectivity index (χ4n) is 3.19. The van der Waals surface area contributed by atoms with Crippen molar-refractivity contribution in [3.8, 4) is 0 Å². The molecule has 2 aliphatic rings. The third-order valence-corrected chi connectivity index (χ3v) is 4.68. The summed E-state index contributed by atoms with van der Waals surface area (Å²) in [6, 6.07) is 8.04. The normalized spacial score (nSPS) is 20.5. The summed E-state index contributed by atoms with van der Waals surface area (Å²) < 4.78 is 5.60. The van der Waals surface area contributed by atoms with Crippen molar-refractivity contribution in [1.29, 1.82) is 0 Å².